The average molecular weight is 427 g/mol. The fraction of sp³-hybridized carbons (Fsp3) is 0.926. The maximum absolute atomic E-state index is 10.6. The van der Waals surface area contributed by atoms with Gasteiger partial charge in [-0.25, -0.2) is 0 Å². The number of allylic oxidation sites excluding steroid dienone is 1. The van der Waals surface area contributed by atoms with E-state index in [2.05, 4.69) is 34.0 Å². The molecular weight excluding hydrogens is 370 g/mol. The second kappa shape index (κ2) is 20.5. The lowest BCUT2D eigenvalue weighted by molar-refractivity contribution is -0.918. The van der Waals surface area contributed by atoms with Crippen LogP contribution in [0, 0.1) is 0 Å². The van der Waals surface area contributed by atoms with Crippen LogP contribution in [0.1, 0.15) is 123 Å². The quantitative estimate of drug-likeness (QED) is 0.111. The largest absolute Gasteiger partial charge is 0.390 e. The van der Waals surface area contributed by atoms with Gasteiger partial charge in [0.25, 0.3) is 0 Å². The molecule has 3 nitrogen and oxygen atoms in total. The van der Waals surface area contributed by atoms with E-state index in [1.54, 1.807) is 0 Å². The zero-order valence-electron chi connectivity index (χ0n) is 21.1. The van der Waals surface area contributed by atoms with Crippen LogP contribution in [0.15, 0.2) is 12.2 Å². The van der Waals surface area contributed by atoms with Gasteiger partial charge in [0.2, 0.25) is 0 Å². The van der Waals surface area contributed by atoms with Crippen LogP contribution in [-0.2, 0) is 0 Å². The molecule has 0 fully saturated rings. The minimum absolute atomic E-state index is 0.0336. The summed E-state index contributed by atoms with van der Waals surface area (Å²) in [5, 5.41) is 20.5. The number of hydrogen-bond donors (Lipinski definition) is 2. The van der Waals surface area contributed by atoms with Crippen LogP contribution in [0.3, 0.4) is 0 Å². The molecule has 3 heteroatoms. The molecule has 0 spiro atoms. The van der Waals surface area contributed by atoms with Crippen molar-refractivity contribution in [3.63, 3.8) is 0 Å². The Labute approximate surface area is 189 Å². The highest BCUT2D eigenvalue weighted by molar-refractivity contribution is 4.92. The lowest BCUT2D eigenvalue weighted by Gasteiger charge is -2.39. The number of hydrogen-bond acceptors (Lipinski definition) is 2. The molecule has 0 aliphatic rings. The summed E-state index contributed by atoms with van der Waals surface area (Å²) >= 11 is 0. The third-order valence-electron chi connectivity index (χ3n) is 6.62. The predicted octanol–water partition coefficient (Wildman–Crippen LogP) is 7.01. The molecule has 0 saturated carbocycles. The van der Waals surface area contributed by atoms with Gasteiger partial charge in [0.1, 0.15) is 12.1 Å². The van der Waals surface area contributed by atoms with E-state index in [9.17, 15) is 10.2 Å². The Morgan fingerprint density at radius 3 is 1.57 bits per heavy atom. The van der Waals surface area contributed by atoms with E-state index in [4.69, 9.17) is 0 Å². The Morgan fingerprint density at radius 1 is 0.667 bits per heavy atom. The van der Waals surface area contributed by atoms with Gasteiger partial charge in [0, 0.05) is 0 Å². The van der Waals surface area contributed by atoms with Crippen molar-refractivity contribution in [3.05, 3.63) is 12.2 Å². The van der Waals surface area contributed by atoms with E-state index >= 15 is 0 Å². The van der Waals surface area contributed by atoms with Crippen molar-refractivity contribution in [1.82, 2.24) is 0 Å². The van der Waals surface area contributed by atoms with Crippen LogP contribution < -0.4 is 0 Å². The van der Waals surface area contributed by atoms with Crippen LogP contribution in [0.4, 0.5) is 0 Å². The van der Waals surface area contributed by atoms with E-state index in [0.717, 1.165) is 13.0 Å². The van der Waals surface area contributed by atoms with E-state index in [1.165, 1.54) is 103 Å². The summed E-state index contributed by atoms with van der Waals surface area (Å²) in [5.74, 6) is 0. The minimum atomic E-state index is -0.562. The number of quaternary nitrogens is 1. The van der Waals surface area contributed by atoms with Gasteiger partial charge in [-0.15, -0.1) is 0 Å². The van der Waals surface area contributed by atoms with Crippen molar-refractivity contribution in [2.45, 2.75) is 135 Å². The Morgan fingerprint density at radius 2 is 1.10 bits per heavy atom. The Bertz CT molecular complexity index is 381. The topological polar surface area (TPSA) is 40.5 Å². The summed E-state index contributed by atoms with van der Waals surface area (Å²) in [4.78, 5) is 0. The molecule has 30 heavy (non-hydrogen) atoms. The molecule has 0 saturated heterocycles. The van der Waals surface area contributed by atoms with Crippen LogP contribution in [0.5, 0.6) is 0 Å². The van der Waals surface area contributed by atoms with Crippen molar-refractivity contribution in [2.24, 2.45) is 0 Å². The van der Waals surface area contributed by atoms with Crippen molar-refractivity contribution >= 4 is 0 Å². The first kappa shape index (κ1) is 29.6. The minimum Gasteiger partial charge on any atom is -0.390 e. The van der Waals surface area contributed by atoms with Gasteiger partial charge < -0.3 is 14.7 Å². The maximum Gasteiger partial charge on any atom is 0.142 e. The lowest BCUT2D eigenvalue weighted by Crippen LogP contribution is -2.56. The van der Waals surface area contributed by atoms with Crippen molar-refractivity contribution in [2.75, 3.05) is 27.2 Å². The number of nitrogens with zero attached hydrogens (tertiary/aromatic N) is 1. The third kappa shape index (κ3) is 16.3. The van der Waals surface area contributed by atoms with E-state index in [-0.39, 0.29) is 12.6 Å². The smallest absolute Gasteiger partial charge is 0.142 e. The zero-order chi connectivity index (χ0) is 22.5. The molecule has 0 aromatic carbocycles. The van der Waals surface area contributed by atoms with Crippen molar-refractivity contribution < 1.29 is 14.7 Å². The molecule has 0 aromatic rings. The molecule has 0 rings (SSSR count). The number of unbranched alkanes of at least 4 members (excludes halogenated alkanes) is 15. The van der Waals surface area contributed by atoms with Gasteiger partial charge in [-0.2, -0.15) is 0 Å². The van der Waals surface area contributed by atoms with Gasteiger partial charge in [0.05, 0.1) is 27.2 Å². The van der Waals surface area contributed by atoms with Gasteiger partial charge in [-0.3, -0.25) is 0 Å². The fourth-order valence-electron chi connectivity index (χ4n) is 4.32. The fourth-order valence-corrected chi connectivity index (χ4v) is 4.32. The number of rotatable bonds is 22. The molecular formula is C27H56NO2+. The average Bonchev–Trinajstić information content (AvgIpc) is 2.71. The molecule has 2 N–H and O–H groups in total. The van der Waals surface area contributed by atoms with Crippen molar-refractivity contribution in [1.29, 1.82) is 0 Å². The van der Waals surface area contributed by atoms with Gasteiger partial charge in [-0.05, 0) is 25.7 Å². The molecule has 0 bridgehead atoms. The van der Waals surface area contributed by atoms with Crippen LogP contribution >= 0.6 is 0 Å². The Hall–Kier alpha value is -0.380. The SMILES string of the molecule is CCCCCCCCCCCCC/C=C/[C@@H](O)[C@H](CO)[N+](C)(C)CCCCCCC. The molecule has 0 radical (unpaired) electrons. The Kier molecular flexibility index (Phi) is 20.3. The third-order valence-corrected chi connectivity index (χ3v) is 6.62. The number of aliphatic hydroxyl groups is 2. The molecule has 180 valence electrons. The first-order valence-corrected chi connectivity index (χ1v) is 13.3. The monoisotopic (exact) mass is 426 g/mol. The highest BCUT2D eigenvalue weighted by Crippen LogP contribution is 2.16. The molecule has 0 amide bonds. The van der Waals surface area contributed by atoms with Gasteiger partial charge >= 0.3 is 0 Å². The maximum atomic E-state index is 10.6. The van der Waals surface area contributed by atoms with Crippen LogP contribution in [0.25, 0.3) is 0 Å². The summed E-state index contributed by atoms with van der Waals surface area (Å²) in [6.07, 6.45) is 25.8. The van der Waals surface area contributed by atoms with Gasteiger partial charge in [0.15, 0.2) is 0 Å². The zero-order valence-corrected chi connectivity index (χ0v) is 21.1. The second-order valence-corrected chi connectivity index (χ2v) is 9.91. The van der Waals surface area contributed by atoms with E-state index < -0.39 is 6.10 Å². The highest BCUT2D eigenvalue weighted by atomic mass is 16.3. The predicted molar refractivity (Wildman–Crippen MR) is 133 cm³/mol. The molecule has 0 unspecified atom stereocenters. The van der Waals surface area contributed by atoms with Gasteiger partial charge in [-0.1, -0.05) is 109 Å². The van der Waals surface area contributed by atoms with Crippen LogP contribution in [0.2, 0.25) is 0 Å². The molecule has 0 aliphatic heterocycles. The Balaban J connectivity index is 3.86. The standard InChI is InChI=1S/C27H56NO2/c1-5-7-9-11-12-13-14-15-16-17-18-19-21-23-27(30)26(25-29)28(3,4)24-22-20-10-8-6-2/h21,23,26-27,29-30H,5-20,22,24-25H2,1-4H3/q+1/b23-21+/t26-,27+/m0/s1. The first-order valence-electron chi connectivity index (χ1n) is 13.3. The lowest BCUT2D eigenvalue weighted by atomic mass is 10.0. The summed E-state index contributed by atoms with van der Waals surface area (Å²) in [5.41, 5.74) is 0. The number of aliphatic hydroxyl groups excluding tert-OH is 2. The number of likely N-dealkylation sites (N-methyl/N-ethyl adjacent to an activating group) is 1. The normalized spacial score (nSPS) is 14.5. The summed E-state index contributed by atoms with van der Waals surface area (Å²) < 4.78 is 0.687. The van der Waals surface area contributed by atoms with Crippen molar-refractivity contribution in [3.8, 4) is 0 Å². The molecule has 0 aliphatic carbocycles. The van der Waals surface area contributed by atoms with E-state index in [1.807, 2.05) is 6.08 Å². The molecule has 2 atom stereocenters. The molecule has 0 aromatic heterocycles. The first-order chi connectivity index (χ1) is 14.5. The summed E-state index contributed by atoms with van der Waals surface area (Å²) in [7, 11) is 4.28. The van der Waals surface area contributed by atoms with Crippen LogP contribution in [-0.4, -0.2) is 54.1 Å². The van der Waals surface area contributed by atoms with E-state index in [0.29, 0.717) is 4.48 Å². The summed E-state index contributed by atoms with van der Waals surface area (Å²) in [6.45, 7) is 5.56. The highest BCUT2D eigenvalue weighted by Gasteiger charge is 2.32. The second-order valence-electron chi connectivity index (χ2n) is 9.91. The summed E-state index contributed by atoms with van der Waals surface area (Å²) in [6, 6.07) is -0.134. The molecule has 0 heterocycles.